The van der Waals surface area contributed by atoms with Crippen molar-refractivity contribution in [3.63, 3.8) is 0 Å². The van der Waals surface area contributed by atoms with Crippen LogP contribution in [-0.2, 0) is 10.0 Å². The first kappa shape index (κ1) is 17.4. The summed E-state index contributed by atoms with van der Waals surface area (Å²) in [5.74, 6) is -0.609. The number of sulfonamides is 1. The molecular weight excluding hydrogens is 314 g/mol. The number of rotatable bonds is 4. The third-order valence-electron chi connectivity index (χ3n) is 2.67. The molecular formula is C13H16ClN3O3S. The van der Waals surface area contributed by atoms with E-state index in [1.165, 1.54) is 46.1 Å². The van der Waals surface area contributed by atoms with E-state index in [9.17, 15) is 13.2 Å². The van der Waals surface area contributed by atoms with Crippen LogP contribution in [0.15, 0.2) is 23.1 Å². The van der Waals surface area contributed by atoms with E-state index in [1.54, 1.807) is 0 Å². The summed E-state index contributed by atoms with van der Waals surface area (Å²) in [5.41, 5.74) is -1.08. The van der Waals surface area contributed by atoms with Crippen molar-refractivity contribution in [1.82, 2.24) is 9.62 Å². The van der Waals surface area contributed by atoms with Gasteiger partial charge >= 0.3 is 0 Å². The van der Waals surface area contributed by atoms with E-state index in [-0.39, 0.29) is 15.5 Å². The van der Waals surface area contributed by atoms with Gasteiger partial charge in [0, 0.05) is 14.1 Å². The van der Waals surface area contributed by atoms with Gasteiger partial charge in [-0.25, -0.2) is 12.7 Å². The van der Waals surface area contributed by atoms with E-state index in [2.05, 4.69) is 5.32 Å². The number of halogens is 1. The Balaban J connectivity index is 3.28. The molecule has 0 aliphatic heterocycles. The summed E-state index contributed by atoms with van der Waals surface area (Å²) in [4.78, 5) is 12.1. The first-order valence-electron chi connectivity index (χ1n) is 5.97. The zero-order valence-electron chi connectivity index (χ0n) is 12.1. The van der Waals surface area contributed by atoms with E-state index in [4.69, 9.17) is 16.9 Å². The number of hydrogen-bond acceptors (Lipinski definition) is 4. The Morgan fingerprint density at radius 3 is 2.43 bits per heavy atom. The van der Waals surface area contributed by atoms with Gasteiger partial charge in [0.2, 0.25) is 10.0 Å². The first-order chi connectivity index (χ1) is 9.51. The molecule has 0 aromatic heterocycles. The minimum absolute atomic E-state index is 0.00270. The fraction of sp³-hybridized carbons (Fsp3) is 0.385. The van der Waals surface area contributed by atoms with E-state index >= 15 is 0 Å². The van der Waals surface area contributed by atoms with Gasteiger partial charge in [-0.15, -0.1) is 0 Å². The van der Waals surface area contributed by atoms with E-state index < -0.39 is 21.5 Å². The summed E-state index contributed by atoms with van der Waals surface area (Å²) in [6.45, 7) is 3.05. The number of carbonyl (C=O) groups excluding carboxylic acids is 1. The van der Waals surface area contributed by atoms with Crippen molar-refractivity contribution in [2.45, 2.75) is 24.3 Å². The van der Waals surface area contributed by atoms with Crippen LogP contribution < -0.4 is 5.32 Å². The maximum atomic E-state index is 12.1. The monoisotopic (exact) mass is 329 g/mol. The number of amides is 1. The molecule has 0 unspecified atom stereocenters. The smallest absolute Gasteiger partial charge is 0.254 e. The van der Waals surface area contributed by atoms with Gasteiger partial charge in [0.15, 0.2) is 0 Å². The molecule has 1 N–H and O–H groups in total. The molecule has 0 heterocycles. The van der Waals surface area contributed by atoms with Crippen LogP contribution in [0.2, 0.25) is 5.02 Å². The number of nitriles is 1. The SMILES string of the molecule is CN(C)S(=O)(=O)c1ccc(Cl)c(C(=O)NC(C)(C)C#N)c1. The largest absolute Gasteiger partial charge is 0.334 e. The Kier molecular flexibility index (Phi) is 4.99. The lowest BCUT2D eigenvalue weighted by Gasteiger charge is -2.18. The van der Waals surface area contributed by atoms with Crippen LogP contribution in [0.5, 0.6) is 0 Å². The molecule has 1 rings (SSSR count). The molecule has 0 aliphatic carbocycles. The normalized spacial score (nSPS) is 12.0. The molecule has 0 radical (unpaired) electrons. The maximum Gasteiger partial charge on any atom is 0.254 e. The molecule has 0 spiro atoms. The number of hydrogen-bond donors (Lipinski definition) is 1. The molecule has 0 saturated carbocycles. The van der Waals surface area contributed by atoms with Gasteiger partial charge in [0.25, 0.3) is 5.91 Å². The molecule has 1 aromatic rings. The van der Waals surface area contributed by atoms with Crippen LogP contribution in [0.4, 0.5) is 0 Å². The Morgan fingerprint density at radius 1 is 1.38 bits per heavy atom. The number of nitrogens with zero attached hydrogens (tertiary/aromatic N) is 2. The van der Waals surface area contributed by atoms with E-state index in [0.29, 0.717) is 0 Å². The second kappa shape index (κ2) is 6.02. The van der Waals surface area contributed by atoms with Gasteiger partial charge in [-0.2, -0.15) is 5.26 Å². The highest BCUT2D eigenvalue weighted by molar-refractivity contribution is 7.89. The van der Waals surface area contributed by atoms with Crippen molar-refractivity contribution in [3.8, 4) is 6.07 Å². The molecule has 114 valence electrons. The Bertz CT molecular complexity index is 706. The van der Waals surface area contributed by atoms with Crippen molar-refractivity contribution in [3.05, 3.63) is 28.8 Å². The third kappa shape index (κ3) is 3.94. The van der Waals surface area contributed by atoms with Gasteiger partial charge in [-0.1, -0.05) is 11.6 Å². The molecule has 0 bridgehead atoms. The van der Waals surface area contributed by atoms with Crippen LogP contribution in [0.1, 0.15) is 24.2 Å². The first-order valence-corrected chi connectivity index (χ1v) is 7.79. The topological polar surface area (TPSA) is 90.3 Å². The summed E-state index contributed by atoms with van der Waals surface area (Å²) < 4.78 is 25.2. The van der Waals surface area contributed by atoms with Gasteiger partial charge in [0.1, 0.15) is 5.54 Å². The lowest BCUT2D eigenvalue weighted by molar-refractivity contribution is 0.0929. The average molecular weight is 330 g/mol. The molecule has 1 amide bonds. The van der Waals surface area contributed by atoms with Crippen molar-refractivity contribution >= 4 is 27.5 Å². The predicted octanol–water partition coefficient (Wildman–Crippen LogP) is 1.62. The maximum absolute atomic E-state index is 12.1. The third-order valence-corrected chi connectivity index (χ3v) is 4.81. The van der Waals surface area contributed by atoms with Crippen molar-refractivity contribution < 1.29 is 13.2 Å². The summed E-state index contributed by atoms with van der Waals surface area (Å²) in [7, 11) is -0.887. The minimum atomic E-state index is -3.67. The summed E-state index contributed by atoms with van der Waals surface area (Å²) in [5, 5.41) is 11.5. The quantitative estimate of drug-likeness (QED) is 0.908. The standard InChI is InChI=1S/C13H16ClN3O3S/c1-13(2,8-15)16-12(18)10-7-9(5-6-11(10)14)21(19,20)17(3)4/h5-7H,1-4H3,(H,16,18). The van der Waals surface area contributed by atoms with Crippen LogP contribution in [-0.4, -0.2) is 38.3 Å². The van der Waals surface area contributed by atoms with E-state index in [0.717, 1.165) is 4.31 Å². The van der Waals surface area contributed by atoms with Gasteiger partial charge in [-0.3, -0.25) is 4.79 Å². The lowest BCUT2D eigenvalue weighted by Crippen LogP contribution is -2.42. The van der Waals surface area contributed by atoms with Gasteiger partial charge in [-0.05, 0) is 32.0 Å². The number of benzene rings is 1. The summed E-state index contributed by atoms with van der Waals surface area (Å²) in [6, 6.07) is 5.78. The second-order valence-electron chi connectivity index (χ2n) is 5.12. The highest BCUT2D eigenvalue weighted by atomic mass is 35.5. The highest BCUT2D eigenvalue weighted by Gasteiger charge is 2.24. The molecule has 0 fully saturated rings. The van der Waals surface area contributed by atoms with Crippen LogP contribution >= 0.6 is 11.6 Å². The average Bonchev–Trinajstić information content (AvgIpc) is 2.38. The Labute approximate surface area is 129 Å². The van der Waals surface area contributed by atoms with Gasteiger partial charge in [0.05, 0.1) is 21.6 Å². The molecule has 21 heavy (non-hydrogen) atoms. The van der Waals surface area contributed by atoms with Crippen LogP contribution in [0, 0.1) is 11.3 Å². The second-order valence-corrected chi connectivity index (χ2v) is 7.68. The number of nitrogens with one attached hydrogen (secondary N) is 1. The predicted molar refractivity (Wildman–Crippen MR) is 79.5 cm³/mol. The minimum Gasteiger partial charge on any atom is -0.334 e. The Morgan fingerprint density at radius 2 is 1.95 bits per heavy atom. The molecule has 1 aromatic carbocycles. The number of carbonyl (C=O) groups is 1. The van der Waals surface area contributed by atoms with Crippen molar-refractivity contribution in [2.75, 3.05) is 14.1 Å². The molecule has 8 heteroatoms. The molecule has 0 aliphatic rings. The zero-order chi connectivity index (χ0) is 16.4. The zero-order valence-corrected chi connectivity index (χ0v) is 13.7. The summed E-state index contributed by atoms with van der Waals surface area (Å²) in [6.07, 6.45) is 0. The summed E-state index contributed by atoms with van der Waals surface area (Å²) >= 11 is 5.94. The molecule has 6 nitrogen and oxygen atoms in total. The highest BCUT2D eigenvalue weighted by Crippen LogP contribution is 2.22. The van der Waals surface area contributed by atoms with E-state index in [1.807, 2.05) is 6.07 Å². The van der Waals surface area contributed by atoms with Crippen LogP contribution in [0.3, 0.4) is 0 Å². The fourth-order valence-corrected chi connectivity index (χ4v) is 2.56. The van der Waals surface area contributed by atoms with Gasteiger partial charge < -0.3 is 5.32 Å². The fourth-order valence-electron chi connectivity index (χ4n) is 1.43. The molecule has 0 saturated heterocycles. The molecule has 0 atom stereocenters. The van der Waals surface area contributed by atoms with Crippen molar-refractivity contribution in [1.29, 1.82) is 5.26 Å². The lowest BCUT2D eigenvalue weighted by atomic mass is 10.1. The van der Waals surface area contributed by atoms with Crippen molar-refractivity contribution in [2.24, 2.45) is 0 Å². The van der Waals surface area contributed by atoms with Crippen LogP contribution in [0.25, 0.3) is 0 Å². The Hall–Kier alpha value is -1.62.